The minimum absolute atomic E-state index is 0.0578. The van der Waals surface area contributed by atoms with Crippen molar-refractivity contribution in [3.05, 3.63) is 10.7 Å². The maximum Gasteiger partial charge on any atom is 0.271 e. The van der Waals surface area contributed by atoms with E-state index in [0.29, 0.717) is 19.5 Å². The first kappa shape index (κ1) is 13.7. The minimum atomic E-state index is -0.398. The molecule has 1 fully saturated rings. The molecule has 1 saturated heterocycles. The number of likely N-dealkylation sites (tertiary alicyclic amines) is 1. The maximum atomic E-state index is 12.0. The molecule has 1 aliphatic rings. The highest BCUT2D eigenvalue weighted by Gasteiger charge is 2.30. The molecule has 0 unspecified atom stereocenters. The first-order chi connectivity index (χ1) is 9.02. The molecular weight excluding hydrogens is 270 g/mol. The topological polar surface area (TPSA) is 104 Å². The summed E-state index contributed by atoms with van der Waals surface area (Å²) in [7, 11) is 0. The van der Waals surface area contributed by atoms with Crippen LogP contribution in [0.15, 0.2) is 0 Å². The number of nitrogens with zero attached hydrogens (tertiary/aromatic N) is 2. The van der Waals surface area contributed by atoms with Crippen LogP contribution in [0.1, 0.15) is 30.3 Å². The summed E-state index contributed by atoms with van der Waals surface area (Å²) in [5.41, 5.74) is 5.58. The Labute approximate surface area is 115 Å². The van der Waals surface area contributed by atoms with Crippen LogP contribution in [0.4, 0.5) is 5.82 Å². The van der Waals surface area contributed by atoms with Crippen molar-refractivity contribution in [3.63, 3.8) is 0 Å². The molecule has 0 radical (unpaired) electrons. The van der Waals surface area contributed by atoms with Gasteiger partial charge in [-0.25, -0.2) is 0 Å². The van der Waals surface area contributed by atoms with E-state index in [-0.39, 0.29) is 28.5 Å². The standard InChI is InChI=1S/C11H16ClN5O2/c1-2-3-17-5-6(4-7(17)18)14-11(19)9-8(12)10(13)16-15-9/h6H,2-5H2,1H3,(H,14,19)(H3,13,15,16)/t6-/m1/s1. The predicted octanol–water partition coefficient (Wildman–Crippen LogP) is 0.386. The fourth-order valence-electron chi connectivity index (χ4n) is 2.11. The van der Waals surface area contributed by atoms with Crippen LogP contribution in [0.25, 0.3) is 0 Å². The van der Waals surface area contributed by atoms with E-state index >= 15 is 0 Å². The van der Waals surface area contributed by atoms with E-state index in [1.54, 1.807) is 4.90 Å². The summed E-state index contributed by atoms with van der Waals surface area (Å²) in [5, 5.41) is 8.99. The lowest BCUT2D eigenvalue weighted by Crippen LogP contribution is -2.37. The highest BCUT2D eigenvalue weighted by atomic mass is 35.5. The molecule has 8 heteroatoms. The Morgan fingerprint density at radius 3 is 3.00 bits per heavy atom. The molecule has 2 rings (SSSR count). The van der Waals surface area contributed by atoms with Crippen molar-refractivity contribution in [2.45, 2.75) is 25.8 Å². The van der Waals surface area contributed by atoms with E-state index in [2.05, 4.69) is 15.5 Å². The van der Waals surface area contributed by atoms with Gasteiger partial charge in [-0.15, -0.1) is 0 Å². The molecule has 0 spiro atoms. The van der Waals surface area contributed by atoms with Crippen LogP contribution in [0.5, 0.6) is 0 Å². The SMILES string of the molecule is CCCN1C[C@H](NC(=O)c2[nH]nc(N)c2Cl)CC1=O. The normalized spacial score (nSPS) is 18.9. The number of rotatable bonds is 4. The summed E-state index contributed by atoms with van der Waals surface area (Å²) in [6.07, 6.45) is 1.21. The number of nitrogen functional groups attached to an aromatic ring is 1. The fraction of sp³-hybridized carbons (Fsp3) is 0.545. The summed E-state index contributed by atoms with van der Waals surface area (Å²) < 4.78 is 0. The molecule has 1 aromatic heterocycles. The number of halogens is 1. The number of H-pyrrole nitrogens is 1. The smallest absolute Gasteiger partial charge is 0.271 e. The highest BCUT2D eigenvalue weighted by molar-refractivity contribution is 6.35. The lowest BCUT2D eigenvalue weighted by atomic mass is 10.2. The third kappa shape index (κ3) is 2.81. The average molecular weight is 286 g/mol. The second-order valence-electron chi connectivity index (χ2n) is 4.51. The molecule has 2 heterocycles. The Bertz CT molecular complexity index is 501. The maximum absolute atomic E-state index is 12.0. The van der Waals surface area contributed by atoms with Gasteiger partial charge in [-0.2, -0.15) is 5.10 Å². The second kappa shape index (κ2) is 5.48. The van der Waals surface area contributed by atoms with Gasteiger partial charge in [0.2, 0.25) is 5.91 Å². The van der Waals surface area contributed by atoms with Crippen molar-refractivity contribution >= 4 is 29.2 Å². The lowest BCUT2D eigenvalue weighted by Gasteiger charge is -2.15. The molecule has 19 heavy (non-hydrogen) atoms. The van der Waals surface area contributed by atoms with Gasteiger partial charge in [0, 0.05) is 19.5 Å². The summed E-state index contributed by atoms with van der Waals surface area (Å²) in [6, 6.07) is -0.202. The highest BCUT2D eigenvalue weighted by Crippen LogP contribution is 2.20. The molecule has 0 aliphatic carbocycles. The number of hydrogen-bond acceptors (Lipinski definition) is 4. The van der Waals surface area contributed by atoms with Crippen molar-refractivity contribution in [2.24, 2.45) is 0 Å². The summed E-state index contributed by atoms with van der Waals surface area (Å²) in [4.78, 5) is 25.4. The third-order valence-electron chi connectivity index (χ3n) is 3.00. The van der Waals surface area contributed by atoms with Crippen LogP contribution >= 0.6 is 11.6 Å². The van der Waals surface area contributed by atoms with E-state index in [1.165, 1.54) is 0 Å². The van der Waals surface area contributed by atoms with Gasteiger partial charge in [-0.1, -0.05) is 18.5 Å². The Kier molecular flexibility index (Phi) is 3.94. The van der Waals surface area contributed by atoms with Gasteiger partial charge in [-0.05, 0) is 6.42 Å². The zero-order valence-corrected chi connectivity index (χ0v) is 11.3. The fourth-order valence-corrected chi connectivity index (χ4v) is 2.28. The minimum Gasteiger partial charge on any atom is -0.381 e. The van der Waals surface area contributed by atoms with E-state index < -0.39 is 5.91 Å². The number of hydrogen-bond donors (Lipinski definition) is 3. The van der Waals surface area contributed by atoms with Gasteiger partial charge in [-0.3, -0.25) is 14.7 Å². The van der Waals surface area contributed by atoms with Crippen molar-refractivity contribution in [3.8, 4) is 0 Å². The van der Waals surface area contributed by atoms with Gasteiger partial charge in [0.15, 0.2) is 5.82 Å². The molecule has 1 aromatic rings. The second-order valence-corrected chi connectivity index (χ2v) is 4.89. The molecule has 2 amide bonds. The zero-order valence-electron chi connectivity index (χ0n) is 10.6. The average Bonchev–Trinajstić information content (AvgIpc) is 2.85. The third-order valence-corrected chi connectivity index (χ3v) is 3.39. The molecule has 7 nitrogen and oxygen atoms in total. The van der Waals surface area contributed by atoms with Crippen LogP contribution in [0, 0.1) is 0 Å². The summed E-state index contributed by atoms with van der Waals surface area (Å²) >= 11 is 5.84. The number of nitrogens with one attached hydrogen (secondary N) is 2. The number of nitrogens with two attached hydrogens (primary N) is 1. The molecule has 0 aromatic carbocycles. The van der Waals surface area contributed by atoms with E-state index in [1.807, 2.05) is 6.92 Å². The van der Waals surface area contributed by atoms with E-state index in [9.17, 15) is 9.59 Å². The first-order valence-electron chi connectivity index (χ1n) is 6.11. The predicted molar refractivity (Wildman–Crippen MR) is 70.8 cm³/mol. The largest absolute Gasteiger partial charge is 0.381 e. The summed E-state index contributed by atoms with van der Waals surface area (Å²) in [5.74, 6) is -0.255. The molecular formula is C11H16ClN5O2. The Morgan fingerprint density at radius 2 is 2.42 bits per heavy atom. The Balaban J connectivity index is 1.97. The lowest BCUT2D eigenvalue weighted by molar-refractivity contribution is -0.127. The number of carbonyl (C=O) groups is 2. The monoisotopic (exact) mass is 285 g/mol. The van der Waals surface area contributed by atoms with Crippen LogP contribution in [0.3, 0.4) is 0 Å². The Hall–Kier alpha value is -1.76. The number of carbonyl (C=O) groups excluding carboxylic acids is 2. The van der Waals surface area contributed by atoms with Crippen LogP contribution < -0.4 is 11.1 Å². The van der Waals surface area contributed by atoms with Crippen molar-refractivity contribution in [2.75, 3.05) is 18.8 Å². The van der Waals surface area contributed by atoms with Crippen LogP contribution in [0.2, 0.25) is 5.02 Å². The number of aromatic amines is 1. The molecule has 0 saturated carbocycles. The van der Waals surface area contributed by atoms with Crippen LogP contribution in [-0.4, -0.2) is 46.0 Å². The van der Waals surface area contributed by atoms with Gasteiger partial charge in [0.25, 0.3) is 5.91 Å². The van der Waals surface area contributed by atoms with Crippen molar-refractivity contribution < 1.29 is 9.59 Å². The number of amides is 2. The number of aromatic nitrogens is 2. The van der Waals surface area contributed by atoms with Gasteiger partial charge < -0.3 is 16.0 Å². The number of anilines is 1. The molecule has 0 bridgehead atoms. The summed E-state index contributed by atoms with van der Waals surface area (Å²) in [6.45, 7) is 3.24. The van der Waals surface area contributed by atoms with Gasteiger partial charge in [0.05, 0.1) is 6.04 Å². The zero-order chi connectivity index (χ0) is 14.0. The van der Waals surface area contributed by atoms with Crippen molar-refractivity contribution in [1.29, 1.82) is 0 Å². The van der Waals surface area contributed by atoms with Crippen molar-refractivity contribution in [1.82, 2.24) is 20.4 Å². The molecule has 1 aliphatic heterocycles. The first-order valence-corrected chi connectivity index (χ1v) is 6.48. The quantitative estimate of drug-likeness (QED) is 0.744. The van der Waals surface area contributed by atoms with E-state index in [0.717, 1.165) is 6.42 Å². The van der Waals surface area contributed by atoms with Crippen LogP contribution in [-0.2, 0) is 4.79 Å². The van der Waals surface area contributed by atoms with Gasteiger partial charge >= 0.3 is 0 Å². The molecule has 104 valence electrons. The van der Waals surface area contributed by atoms with E-state index in [4.69, 9.17) is 17.3 Å². The molecule has 1 atom stereocenters. The Morgan fingerprint density at radius 1 is 1.68 bits per heavy atom. The van der Waals surface area contributed by atoms with Gasteiger partial charge in [0.1, 0.15) is 10.7 Å². The molecule has 4 N–H and O–H groups in total.